The maximum Gasteiger partial charge on any atom is 0.458 e. The summed E-state index contributed by atoms with van der Waals surface area (Å²) in [7, 11) is 0. The van der Waals surface area contributed by atoms with Gasteiger partial charge in [0.25, 0.3) is 12.0 Å². The number of hydrogen-bond donors (Lipinski definition) is 0. The molecule has 5 heteroatoms. The quantitative estimate of drug-likeness (QED) is 0.538. The predicted molar refractivity (Wildman–Crippen MR) is 25.8 cm³/mol. The summed E-state index contributed by atoms with van der Waals surface area (Å²) in [5.74, 6) is 0. The lowest BCUT2D eigenvalue weighted by Crippen LogP contribution is -2.11. The van der Waals surface area contributed by atoms with Gasteiger partial charge in [-0.15, -0.1) is 0 Å². The number of halogens is 3. The van der Waals surface area contributed by atoms with Crippen LogP contribution in [-0.4, -0.2) is 4.98 Å². The largest absolute Gasteiger partial charge is 0.458 e. The van der Waals surface area contributed by atoms with Gasteiger partial charge in [0.15, 0.2) is 0 Å². The number of nitrogens with zero attached hydrogens (tertiary/aromatic N) is 1. The molecule has 0 spiro atoms. The molecule has 0 saturated heterocycles. The van der Waals surface area contributed by atoms with Crippen molar-refractivity contribution in [3.05, 3.63) is 24.3 Å². The van der Waals surface area contributed by atoms with Crippen LogP contribution in [0.1, 0.15) is 5.69 Å². The predicted octanol–water partition coefficient (Wildman–Crippen LogP) is 0.914. The van der Waals surface area contributed by atoms with E-state index in [1.54, 1.807) is 0 Å². The second-order valence-corrected chi connectivity index (χ2v) is 1.64. The summed E-state index contributed by atoms with van der Waals surface area (Å²) in [4.78, 5) is 5.46. The first-order chi connectivity index (χ1) is 4.61. The van der Waals surface area contributed by atoms with Crippen molar-refractivity contribution in [1.29, 1.82) is 0 Å². The molecule has 0 bridgehead atoms. The Labute approximate surface area is 54.7 Å². The molecule has 1 aromatic heterocycles. The highest BCUT2D eigenvalue weighted by Crippen LogP contribution is 2.25. The number of aromatic amines is 1. The van der Waals surface area contributed by atoms with Crippen LogP contribution >= 0.6 is 0 Å². The number of H-pyrrole nitrogens is 1. The Balaban J connectivity index is 2.97. The molecule has 0 atom stereocenters. The molecule has 0 fully saturated rings. The molecule has 10 heavy (non-hydrogen) atoms. The van der Waals surface area contributed by atoms with Gasteiger partial charge in [-0.2, -0.15) is 13.2 Å². The molecule has 0 unspecified atom stereocenters. The first-order valence-electron chi connectivity index (χ1n) is 2.50. The fourth-order valence-electron chi connectivity index (χ4n) is 0.488. The highest BCUT2D eigenvalue weighted by Gasteiger charge is 2.36. The van der Waals surface area contributed by atoms with Crippen molar-refractivity contribution in [2.24, 2.45) is 0 Å². The highest BCUT2D eigenvalue weighted by atomic mass is 19.4. The maximum absolute atomic E-state index is 11.7. The first-order valence-corrected chi connectivity index (χ1v) is 2.50. The fourth-order valence-corrected chi connectivity index (χ4v) is 0.488. The van der Waals surface area contributed by atoms with Crippen molar-refractivity contribution in [3.63, 3.8) is 0 Å². The first kappa shape index (κ1) is 6.98. The Bertz CT molecular complexity index is 206. The lowest BCUT2D eigenvalue weighted by atomic mass is 10.4. The van der Waals surface area contributed by atoms with E-state index in [4.69, 9.17) is 0 Å². The van der Waals surface area contributed by atoms with Crippen molar-refractivity contribution in [2.45, 2.75) is 6.18 Å². The molecule has 1 aromatic rings. The van der Waals surface area contributed by atoms with Gasteiger partial charge in [0.2, 0.25) is 0 Å². The summed E-state index contributed by atoms with van der Waals surface area (Å²) in [6.45, 7) is 0. The van der Waals surface area contributed by atoms with Crippen LogP contribution in [0.15, 0.2) is 18.6 Å². The van der Waals surface area contributed by atoms with Crippen molar-refractivity contribution in [2.75, 3.05) is 0 Å². The van der Waals surface area contributed by atoms with E-state index in [1.807, 2.05) is 0 Å². The minimum atomic E-state index is -4.34. The van der Waals surface area contributed by atoms with Gasteiger partial charge in [0.1, 0.15) is 0 Å². The molecule has 0 saturated carbocycles. The van der Waals surface area contributed by atoms with E-state index in [-0.39, 0.29) is 0 Å². The second-order valence-electron chi connectivity index (χ2n) is 1.64. The summed E-state index contributed by atoms with van der Waals surface area (Å²) in [6.07, 6.45) is -2.17. The van der Waals surface area contributed by atoms with Crippen molar-refractivity contribution in [3.8, 4) is 0 Å². The van der Waals surface area contributed by atoms with E-state index < -0.39 is 11.9 Å². The van der Waals surface area contributed by atoms with E-state index in [9.17, 15) is 13.2 Å². The van der Waals surface area contributed by atoms with E-state index in [2.05, 4.69) is 9.97 Å². The fraction of sp³-hybridized carbons (Fsp3) is 0.200. The van der Waals surface area contributed by atoms with Gasteiger partial charge in [-0.25, -0.2) is 0 Å². The number of nitrogens with one attached hydrogen (secondary N) is 1. The topological polar surface area (TPSA) is 27.0 Å². The van der Waals surface area contributed by atoms with Crippen LogP contribution in [0.25, 0.3) is 0 Å². The monoisotopic (exact) mass is 149 g/mol. The lowest BCUT2D eigenvalue weighted by molar-refractivity contribution is -0.383. The van der Waals surface area contributed by atoms with Gasteiger partial charge in [-0.3, -0.25) is 4.98 Å². The Kier molecular flexibility index (Phi) is 1.57. The SMILES string of the molecule is FC(F)(F)c1cc[nH+]cn1. The molecule has 1 rings (SSSR count). The number of hydrogen-bond acceptors (Lipinski definition) is 1. The molecular weight excluding hydrogens is 145 g/mol. The van der Waals surface area contributed by atoms with E-state index in [1.165, 1.54) is 6.20 Å². The molecule has 54 valence electrons. The van der Waals surface area contributed by atoms with Gasteiger partial charge in [0, 0.05) is 6.07 Å². The Morgan fingerprint density at radius 1 is 1.40 bits per heavy atom. The number of aromatic nitrogens is 2. The summed E-state index contributed by atoms with van der Waals surface area (Å²) in [5, 5.41) is 0. The molecule has 1 N–H and O–H groups in total. The average Bonchev–Trinajstić information content (AvgIpc) is 1.88. The van der Waals surface area contributed by atoms with Crippen LogP contribution < -0.4 is 4.98 Å². The zero-order chi connectivity index (χ0) is 7.61. The van der Waals surface area contributed by atoms with E-state index in [0.717, 1.165) is 12.4 Å². The van der Waals surface area contributed by atoms with E-state index >= 15 is 0 Å². The molecule has 1 heterocycles. The van der Waals surface area contributed by atoms with Crippen LogP contribution in [0.2, 0.25) is 0 Å². The summed E-state index contributed by atoms with van der Waals surface area (Å²) in [6, 6.07) is 0.875. The minimum Gasteiger partial charge on any atom is -0.250 e. The molecule has 0 aromatic carbocycles. The van der Waals surface area contributed by atoms with Crippen LogP contribution in [0, 0.1) is 0 Å². The molecule has 0 amide bonds. The second kappa shape index (κ2) is 2.24. The third kappa shape index (κ3) is 1.43. The lowest BCUT2D eigenvalue weighted by Gasteiger charge is -1.96. The molecule has 0 aliphatic rings. The maximum atomic E-state index is 11.7. The highest BCUT2D eigenvalue weighted by molar-refractivity contribution is 4.99. The van der Waals surface area contributed by atoms with Crippen molar-refractivity contribution >= 4 is 0 Å². The normalized spacial score (nSPS) is 11.5. The van der Waals surface area contributed by atoms with Crippen LogP contribution in [0.5, 0.6) is 0 Å². The Hall–Kier alpha value is -1.13. The number of rotatable bonds is 0. The molecule has 0 radical (unpaired) electrons. The zero-order valence-electron chi connectivity index (χ0n) is 4.81. The molecular formula is C5H4F3N2+. The Morgan fingerprint density at radius 3 is 2.40 bits per heavy atom. The summed E-state index contributed by atoms with van der Waals surface area (Å²) >= 11 is 0. The van der Waals surface area contributed by atoms with Crippen molar-refractivity contribution in [1.82, 2.24) is 4.98 Å². The van der Waals surface area contributed by atoms with Crippen LogP contribution in [0.3, 0.4) is 0 Å². The summed E-state index contributed by atoms with van der Waals surface area (Å²) < 4.78 is 35.1. The van der Waals surface area contributed by atoms with Gasteiger partial charge in [-0.05, 0) is 4.98 Å². The van der Waals surface area contributed by atoms with Gasteiger partial charge in [0.05, 0.1) is 6.20 Å². The minimum absolute atomic E-state index is 0.875. The van der Waals surface area contributed by atoms with Gasteiger partial charge >= 0.3 is 6.18 Å². The molecule has 0 aliphatic carbocycles. The van der Waals surface area contributed by atoms with Crippen LogP contribution in [0.4, 0.5) is 13.2 Å². The molecule has 2 nitrogen and oxygen atoms in total. The standard InChI is InChI=1S/C5H3F3N2/c6-5(7,8)4-1-2-9-3-10-4/h1-3H/p+1. The Morgan fingerprint density at radius 2 is 2.10 bits per heavy atom. The van der Waals surface area contributed by atoms with E-state index in [0.29, 0.717) is 0 Å². The van der Waals surface area contributed by atoms with Crippen molar-refractivity contribution < 1.29 is 18.2 Å². The third-order valence-corrected chi connectivity index (χ3v) is 0.906. The van der Waals surface area contributed by atoms with Gasteiger partial charge < -0.3 is 0 Å². The average molecular weight is 149 g/mol. The smallest absolute Gasteiger partial charge is 0.250 e. The van der Waals surface area contributed by atoms with Crippen LogP contribution in [-0.2, 0) is 6.18 Å². The zero-order valence-corrected chi connectivity index (χ0v) is 4.81. The number of alkyl halides is 3. The van der Waals surface area contributed by atoms with Gasteiger partial charge in [-0.1, -0.05) is 0 Å². The third-order valence-electron chi connectivity index (χ3n) is 0.906. The molecule has 0 aliphatic heterocycles. The summed E-state index contributed by atoms with van der Waals surface area (Å²) in [5.41, 5.74) is -0.883.